The van der Waals surface area contributed by atoms with E-state index in [1.165, 1.54) is 5.57 Å². The summed E-state index contributed by atoms with van der Waals surface area (Å²) in [4.78, 5) is 24.7. The van der Waals surface area contributed by atoms with Crippen LogP contribution in [0.4, 0.5) is 0 Å². The van der Waals surface area contributed by atoms with Gasteiger partial charge in [-0.3, -0.25) is 9.59 Å². The van der Waals surface area contributed by atoms with E-state index >= 15 is 0 Å². The lowest BCUT2D eigenvalue weighted by molar-refractivity contribution is -0.165. The van der Waals surface area contributed by atoms with Gasteiger partial charge in [0.15, 0.2) is 5.78 Å². The number of rotatable bonds is 2. The van der Waals surface area contributed by atoms with Gasteiger partial charge in [0.1, 0.15) is 5.78 Å². The largest absolute Gasteiger partial charge is 0.378 e. The SMILES string of the molecule is CCO[C@@H]1CCC2(C)C(=O)CCC2C12CCC1=CC(=O)CCC1(C)C2. The van der Waals surface area contributed by atoms with Crippen molar-refractivity contribution < 1.29 is 14.3 Å². The van der Waals surface area contributed by atoms with Crippen molar-refractivity contribution >= 4 is 11.6 Å². The van der Waals surface area contributed by atoms with Crippen LogP contribution in [0.25, 0.3) is 0 Å². The molecule has 3 fully saturated rings. The van der Waals surface area contributed by atoms with E-state index < -0.39 is 0 Å². The highest BCUT2D eigenvalue weighted by atomic mass is 16.5. The first kappa shape index (κ1) is 17.5. The van der Waals surface area contributed by atoms with Gasteiger partial charge in [-0.05, 0) is 69.3 Å². The Morgan fingerprint density at radius 2 is 1.88 bits per heavy atom. The topological polar surface area (TPSA) is 43.4 Å². The summed E-state index contributed by atoms with van der Waals surface area (Å²) in [5.74, 6) is 1.24. The van der Waals surface area contributed by atoms with Crippen molar-refractivity contribution in [1.29, 1.82) is 0 Å². The van der Waals surface area contributed by atoms with Gasteiger partial charge in [-0.2, -0.15) is 0 Å². The van der Waals surface area contributed by atoms with E-state index in [1.54, 1.807) is 0 Å². The summed E-state index contributed by atoms with van der Waals surface area (Å²) >= 11 is 0. The molecule has 5 atom stereocenters. The maximum absolute atomic E-state index is 12.7. The van der Waals surface area contributed by atoms with Gasteiger partial charge in [0.2, 0.25) is 0 Å². The molecule has 0 heterocycles. The van der Waals surface area contributed by atoms with Gasteiger partial charge in [0.25, 0.3) is 0 Å². The van der Waals surface area contributed by atoms with Gasteiger partial charge in [-0.1, -0.05) is 19.4 Å². The molecule has 4 unspecified atom stereocenters. The Labute approximate surface area is 151 Å². The summed E-state index contributed by atoms with van der Waals surface area (Å²) in [5.41, 5.74) is 1.45. The zero-order valence-electron chi connectivity index (χ0n) is 16.0. The predicted molar refractivity (Wildman–Crippen MR) is 97.2 cm³/mol. The first-order chi connectivity index (χ1) is 11.8. The van der Waals surface area contributed by atoms with Gasteiger partial charge >= 0.3 is 0 Å². The second-order valence-corrected chi connectivity index (χ2v) is 9.52. The van der Waals surface area contributed by atoms with E-state index in [0.29, 0.717) is 23.9 Å². The molecule has 4 rings (SSSR count). The van der Waals surface area contributed by atoms with E-state index in [0.717, 1.165) is 58.0 Å². The lowest BCUT2D eigenvalue weighted by Crippen LogP contribution is -2.57. The lowest BCUT2D eigenvalue weighted by atomic mass is 9.45. The molecule has 3 nitrogen and oxygen atoms in total. The molecule has 4 aliphatic rings. The van der Waals surface area contributed by atoms with Gasteiger partial charge in [0.05, 0.1) is 6.10 Å². The van der Waals surface area contributed by atoms with E-state index in [2.05, 4.69) is 20.8 Å². The van der Waals surface area contributed by atoms with Crippen LogP contribution in [-0.4, -0.2) is 24.3 Å². The third-order valence-corrected chi connectivity index (χ3v) is 8.31. The van der Waals surface area contributed by atoms with Gasteiger partial charge in [-0.15, -0.1) is 0 Å². The monoisotopic (exact) mass is 344 g/mol. The number of hydrogen-bond acceptors (Lipinski definition) is 3. The molecule has 4 aliphatic carbocycles. The zero-order valence-corrected chi connectivity index (χ0v) is 16.0. The molecule has 0 saturated heterocycles. The van der Waals surface area contributed by atoms with Crippen LogP contribution in [-0.2, 0) is 14.3 Å². The molecule has 0 aromatic rings. The molecule has 0 radical (unpaired) electrons. The Hall–Kier alpha value is -0.960. The summed E-state index contributed by atoms with van der Waals surface area (Å²) in [7, 11) is 0. The Morgan fingerprint density at radius 3 is 2.64 bits per heavy atom. The fourth-order valence-corrected chi connectivity index (χ4v) is 7.03. The summed E-state index contributed by atoms with van der Waals surface area (Å²) < 4.78 is 6.31. The Kier molecular flexibility index (Phi) is 4.03. The second kappa shape index (κ2) is 5.77. The molecular formula is C22H32O3. The maximum atomic E-state index is 12.7. The number of Topliss-reactive ketones (excluding diaryl/α,β-unsaturated/α-hetero) is 1. The number of carbonyl (C=O) groups is 2. The lowest BCUT2D eigenvalue weighted by Gasteiger charge is -2.60. The van der Waals surface area contributed by atoms with E-state index in [1.807, 2.05) is 6.08 Å². The summed E-state index contributed by atoms with van der Waals surface area (Å²) in [6.45, 7) is 7.44. The zero-order chi connectivity index (χ0) is 17.9. The molecule has 1 spiro atoms. The summed E-state index contributed by atoms with van der Waals surface area (Å²) in [6, 6.07) is 0. The van der Waals surface area contributed by atoms with Crippen molar-refractivity contribution in [3.63, 3.8) is 0 Å². The average molecular weight is 344 g/mol. The number of hydrogen-bond donors (Lipinski definition) is 0. The first-order valence-electron chi connectivity index (χ1n) is 10.2. The highest BCUT2D eigenvalue weighted by molar-refractivity contribution is 5.91. The van der Waals surface area contributed by atoms with Crippen LogP contribution in [0, 0.1) is 22.2 Å². The Balaban J connectivity index is 1.75. The fourth-order valence-electron chi connectivity index (χ4n) is 7.03. The molecule has 0 amide bonds. The molecular weight excluding hydrogens is 312 g/mol. The van der Waals surface area contributed by atoms with E-state index in [9.17, 15) is 9.59 Å². The standard InChI is InChI=1S/C22H32O3/c1-4-25-19-9-11-21(3)17(5-6-18(21)24)22(19)12-7-15-13-16(23)8-10-20(15,2)14-22/h13,17,19H,4-12,14H2,1-3H3/t17?,19-,20?,21?,22?/m1/s1. The van der Waals surface area contributed by atoms with Crippen molar-refractivity contribution in [2.75, 3.05) is 6.61 Å². The van der Waals surface area contributed by atoms with Crippen LogP contribution in [0.2, 0.25) is 0 Å². The Bertz CT molecular complexity index is 635. The molecule has 0 aliphatic heterocycles. The van der Waals surface area contributed by atoms with Crippen molar-refractivity contribution in [1.82, 2.24) is 0 Å². The molecule has 0 aromatic carbocycles. The predicted octanol–water partition coefficient (Wildman–Crippen LogP) is 4.64. The van der Waals surface area contributed by atoms with Gasteiger partial charge < -0.3 is 4.74 Å². The van der Waals surface area contributed by atoms with Crippen LogP contribution in [0.15, 0.2) is 11.6 Å². The second-order valence-electron chi connectivity index (χ2n) is 9.52. The molecule has 138 valence electrons. The highest BCUT2D eigenvalue weighted by Crippen LogP contribution is 2.67. The third kappa shape index (κ3) is 2.41. The molecule has 0 aromatic heterocycles. The van der Waals surface area contributed by atoms with Crippen LogP contribution in [0.3, 0.4) is 0 Å². The van der Waals surface area contributed by atoms with E-state index in [-0.39, 0.29) is 22.3 Å². The third-order valence-electron chi connectivity index (χ3n) is 8.31. The quantitative estimate of drug-likeness (QED) is 0.733. The number of ether oxygens (including phenoxy) is 1. The molecule has 25 heavy (non-hydrogen) atoms. The molecule has 3 saturated carbocycles. The maximum Gasteiger partial charge on any atom is 0.155 e. The van der Waals surface area contributed by atoms with Gasteiger partial charge in [-0.25, -0.2) is 0 Å². The van der Waals surface area contributed by atoms with Crippen LogP contribution < -0.4 is 0 Å². The van der Waals surface area contributed by atoms with Crippen LogP contribution in [0.5, 0.6) is 0 Å². The van der Waals surface area contributed by atoms with Crippen LogP contribution >= 0.6 is 0 Å². The molecule has 3 heteroatoms. The smallest absolute Gasteiger partial charge is 0.155 e. The van der Waals surface area contributed by atoms with Crippen molar-refractivity contribution in [3.8, 4) is 0 Å². The van der Waals surface area contributed by atoms with Crippen molar-refractivity contribution in [2.24, 2.45) is 22.2 Å². The number of fused-ring (bicyclic) bond motifs is 3. The fraction of sp³-hybridized carbons (Fsp3) is 0.818. The molecule has 0 bridgehead atoms. The minimum absolute atomic E-state index is 0.113. The number of allylic oxidation sites excluding steroid dienone is 2. The van der Waals surface area contributed by atoms with Crippen molar-refractivity contribution in [3.05, 3.63) is 11.6 Å². The highest BCUT2D eigenvalue weighted by Gasteiger charge is 2.63. The van der Waals surface area contributed by atoms with E-state index in [4.69, 9.17) is 4.74 Å². The first-order valence-corrected chi connectivity index (χ1v) is 10.2. The number of carbonyl (C=O) groups excluding carboxylic acids is 2. The van der Waals surface area contributed by atoms with Gasteiger partial charge in [0, 0.05) is 30.3 Å². The minimum Gasteiger partial charge on any atom is -0.378 e. The summed E-state index contributed by atoms with van der Waals surface area (Å²) in [5, 5.41) is 0. The average Bonchev–Trinajstić information content (AvgIpc) is 2.88. The van der Waals surface area contributed by atoms with Crippen molar-refractivity contribution in [2.45, 2.75) is 84.7 Å². The summed E-state index contributed by atoms with van der Waals surface area (Å²) in [6.07, 6.45) is 10.8. The number of ketones is 2. The van der Waals surface area contributed by atoms with Crippen LogP contribution in [0.1, 0.15) is 78.6 Å². The Morgan fingerprint density at radius 1 is 1.08 bits per heavy atom. The normalized spacial score (nSPS) is 46.8. The molecule has 0 N–H and O–H groups in total. The minimum atomic E-state index is -0.143.